The van der Waals surface area contributed by atoms with Crippen molar-refractivity contribution in [3.05, 3.63) is 0 Å². The fraction of sp³-hybridized carbons (Fsp3) is 1.00. The minimum Gasteiger partial charge on any atom is -0.393 e. The minimum atomic E-state index is -3.67. The van der Waals surface area contributed by atoms with Crippen LogP contribution in [0.4, 0.5) is 0 Å². The van der Waals surface area contributed by atoms with Crippen LogP contribution < -0.4 is 0 Å². The molecule has 0 saturated carbocycles. The number of rotatable bonds is 2. The Morgan fingerprint density at radius 1 is 0.824 bits per heavy atom. The molecule has 0 aliphatic carbocycles. The summed E-state index contributed by atoms with van der Waals surface area (Å²) in [5.41, 5.74) is 0. The van der Waals surface area contributed by atoms with Gasteiger partial charge in [-0.15, -0.1) is 0 Å². The molecule has 0 aliphatic rings. The predicted octanol–water partition coefficient (Wildman–Crippen LogP) is -0.854. The van der Waals surface area contributed by atoms with Crippen LogP contribution in [0.3, 0.4) is 0 Å². The molecular formula is C7H20O8S2. The van der Waals surface area contributed by atoms with Gasteiger partial charge in [-0.25, -0.2) is 0 Å². The summed E-state index contributed by atoms with van der Waals surface area (Å²) in [6.07, 6.45) is 1.15. The van der Waals surface area contributed by atoms with E-state index in [1.807, 2.05) is 0 Å². The van der Waals surface area contributed by atoms with Crippen LogP contribution in [0.15, 0.2) is 0 Å². The molecule has 17 heavy (non-hydrogen) atoms. The summed E-state index contributed by atoms with van der Waals surface area (Å²) in [4.78, 5) is 0. The number of aliphatic hydroxyl groups excluding tert-OH is 2. The normalized spacial score (nSPS) is 14.6. The maximum Gasteiger partial charge on any atom is 0.261 e. The molecule has 0 radical (unpaired) electrons. The van der Waals surface area contributed by atoms with Crippen molar-refractivity contribution in [2.75, 3.05) is 12.5 Å². The van der Waals surface area contributed by atoms with E-state index in [4.69, 9.17) is 19.3 Å². The van der Waals surface area contributed by atoms with Crippen molar-refractivity contribution in [3.63, 3.8) is 0 Å². The van der Waals surface area contributed by atoms with E-state index in [0.29, 0.717) is 18.9 Å². The first kappa shape index (κ1) is 22.0. The summed E-state index contributed by atoms with van der Waals surface area (Å²) < 4.78 is 51.7. The predicted molar refractivity (Wildman–Crippen MR) is 62.9 cm³/mol. The highest BCUT2D eigenvalue weighted by molar-refractivity contribution is 7.85. The zero-order valence-electron chi connectivity index (χ0n) is 10.1. The molecule has 2 unspecified atom stereocenters. The molecule has 0 heterocycles. The number of aliphatic hydroxyl groups is 2. The van der Waals surface area contributed by atoms with Crippen molar-refractivity contribution < 1.29 is 36.2 Å². The third-order valence-corrected chi connectivity index (χ3v) is 0.682. The van der Waals surface area contributed by atoms with Crippen LogP contribution in [-0.2, 0) is 20.2 Å². The summed E-state index contributed by atoms with van der Waals surface area (Å²) in [5.74, 6) is 0. The summed E-state index contributed by atoms with van der Waals surface area (Å²) in [6, 6.07) is 0. The van der Waals surface area contributed by atoms with Gasteiger partial charge in [0.1, 0.15) is 0 Å². The van der Waals surface area contributed by atoms with E-state index in [2.05, 4.69) is 0 Å². The fourth-order valence-electron chi connectivity index (χ4n) is 0.494. The van der Waals surface area contributed by atoms with Gasteiger partial charge in [-0.1, -0.05) is 0 Å². The van der Waals surface area contributed by atoms with E-state index in [1.54, 1.807) is 13.8 Å². The SMILES string of the molecule is CC(O)CC(C)O.CS(=O)(=O)O.CS(=O)(=O)O. The Labute approximate surface area is 102 Å². The molecule has 0 spiro atoms. The number of hydrogen-bond acceptors (Lipinski definition) is 6. The lowest BCUT2D eigenvalue weighted by molar-refractivity contribution is 0.102. The molecule has 10 heteroatoms. The second-order valence-corrected chi connectivity index (χ2v) is 6.33. The Bertz CT molecular complexity index is 301. The summed E-state index contributed by atoms with van der Waals surface area (Å²) in [5, 5.41) is 17.1. The smallest absolute Gasteiger partial charge is 0.261 e. The molecule has 4 N–H and O–H groups in total. The Morgan fingerprint density at radius 3 is 0.941 bits per heavy atom. The fourth-order valence-corrected chi connectivity index (χ4v) is 0.494. The molecule has 0 aliphatic heterocycles. The molecular weight excluding hydrogens is 276 g/mol. The van der Waals surface area contributed by atoms with Crippen LogP contribution in [0.5, 0.6) is 0 Å². The molecule has 0 saturated heterocycles. The molecule has 2 atom stereocenters. The third kappa shape index (κ3) is 212. The van der Waals surface area contributed by atoms with Crippen molar-refractivity contribution >= 4 is 20.2 Å². The Balaban J connectivity index is -0.000000177. The third-order valence-electron chi connectivity index (χ3n) is 0.682. The van der Waals surface area contributed by atoms with E-state index in [-0.39, 0.29) is 12.2 Å². The Hall–Kier alpha value is -0.260. The Morgan fingerprint density at radius 2 is 0.941 bits per heavy atom. The molecule has 0 aromatic carbocycles. The van der Waals surface area contributed by atoms with E-state index >= 15 is 0 Å². The largest absolute Gasteiger partial charge is 0.393 e. The van der Waals surface area contributed by atoms with Gasteiger partial charge in [0.25, 0.3) is 20.2 Å². The molecule has 0 amide bonds. The zero-order chi connectivity index (χ0) is 14.9. The van der Waals surface area contributed by atoms with Crippen LogP contribution in [-0.4, -0.2) is 60.9 Å². The highest BCUT2D eigenvalue weighted by Crippen LogP contribution is 1.93. The monoisotopic (exact) mass is 296 g/mol. The average Bonchev–Trinajstić information content (AvgIpc) is 1.71. The molecule has 0 aromatic heterocycles. The van der Waals surface area contributed by atoms with Gasteiger partial charge in [0.05, 0.1) is 24.7 Å². The van der Waals surface area contributed by atoms with E-state index in [0.717, 1.165) is 0 Å². The average molecular weight is 296 g/mol. The second-order valence-electron chi connectivity index (χ2n) is 3.40. The summed E-state index contributed by atoms with van der Waals surface area (Å²) >= 11 is 0. The van der Waals surface area contributed by atoms with Crippen LogP contribution >= 0.6 is 0 Å². The lowest BCUT2D eigenvalue weighted by Gasteiger charge is -2.04. The molecule has 0 rings (SSSR count). The standard InChI is InChI=1S/C5H12O2.2CH4O3S/c1-4(6)3-5(2)7;2*1-5(2,3)4/h4-7H,3H2,1-2H3;2*1H3,(H,2,3,4). The quantitative estimate of drug-likeness (QED) is 0.481. The van der Waals surface area contributed by atoms with Crippen molar-refractivity contribution in [1.29, 1.82) is 0 Å². The van der Waals surface area contributed by atoms with Crippen molar-refractivity contribution in [1.82, 2.24) is 0 Å². The van der Waals surface area contributed by atoms with Gasteiger partial charge in [0.2, 0.25) is 0 Å². The molecule has 8 nitrogen and oxygen atoms in total. The highest BCUT2D eigenvalue weighted by Gasteiger charge is 1.98. The van der Waals surface area contributed by atoms with E-state index in [9.17, 15) is 16.8 Å². The molecule has 0 fully saturated rings. The Kier molecular flexibility index (Phi) is 12.6. The van der Waals surface area contributed by atoms with Gasteiger partial charge in [-0.3, -0.25) is 9.11 Å². The van der Waals surface area contributed by atoms with Gasteiger partial charge >= 0.3 is 0 Å². The lowest BCUT2D eigenvalue weighted by Crippen LogP contribution is -2.10. The van der Waals surface area contributed by atoms with Crippen LogP contribution in [0.25, 0.3) is 0 Å². The van der Waals surface area contributed by atoms with E-state index in [1.165, 1.54) is 0 Å². The molecule has 108 valence electrons. The second kappa shape index (κ2) is 9.74. The lowest BCUT2D eigenvalue weighted by atomic mass is 10.2. The van der Waals surface area contributed by atoms with Crippen molar-refractivity contribution in [2.24, 2.45) is 0 Å². The first-order valence-corrected chi connectivity index (χ1v) is 8.03. The zero-order valence-corrected chi connectivity index (χ0v) is 11.7. The topological polar surface area (TPSA) is 149 Å². The van der Waals surface area contributed by atoms with Gasteiger partial charge in [-0.2, -0.15) is 16.8 Å². The van der Waals surface area contributed by atoms with Gasteiger partial charge < -0.3 is 10.2 Å². The highest BCUT2D eigenvalue weighted by atomic mass is 32.2. The molecule has 0 bridgehead atoms. The number of hydrogen-bond donors (Lipinski definition) is 4. The van der Waals surface area contributed by atoms with Crippen LogP contribution in [0, 0.1) is 0 Å². The van der Waals surface area contributed by atoms with Crippen LogP contribution in [0.1, 0.15) is 20.3 Å². The summed E-state index contributed by atoms with van der Waals surface area (Å²) in [7, 11) is -7.33. The van der Waals surface area contributed by atoms with Gasteiger partial charge in [0, 0.05) is 0 Å². The van der Waals surface area contributed by atoms with Gasteiger partial charge in [0.15, 0.2) is 0 Å². The summed E-state index contributed by atoms with van der Waals surface area (Å²) in [6.45, 7) is 3.32. The maximum atomic E-state index is 9.19. The first-order chi connectivity index (χ1) is 7.13. The first-order valence-electron chi connectivity index (χ1n) is 4.34. The van der Waals surface area contributed by atoms with E-state index < -0.39 is 20.2 Å². The van der Waals surface area contributed by atoms with Crippen LogP contribution in [0.2, 0.25) is 0 Å². The van der Waals surface area contributed by atoms with Crippen molar-refractivity contribution in [2.45, 2.75) is 32.5 Å². The molecule has 0 aromatic rings. The van der Waals surface area contributed by atoms with Crippen molar-refractivity contribution in [3.8, 4) is 0 Å². The maximum absolute atomic E-state index is 9.19. The van der Waals surface area contributed by atoms with Gasteiger partial charge in [-0.05, 0) is 20.3 Å². The minimum absolute atomic E-state index is 0.375.